The molecular formula is C17H26O3. The lowest BCUT2D eigenvalue weighted by Gasteiger charge is -2.05. The average Bonchev–Trinajstić information content (AvgIpc) is 2.50. The first-order chi connectivity index (χ1) is 9.77. The van der Waals surface area contributed by atoms with Crippen LogP contribution in [0.1, 0.15) is 62.2 Å². The highest BCUT2D eigenvalue weighted by Gasteiger charge is 2.06. The summed E-state index contributed by atoms with van der Waals surface area (Å²) in [5.41, 5.74) is 0.578. The largest absolute Gasteiger partial charge is 0.497 e. The molecule has 0 radical (unpaired) electrons. The highest BCUT2D eigenvalue weighted by molar-refractivity contribution is 5.89. The van der Waals surface area contributed by atoms with Crippen LogP contribution in [0.4, 0.5) is 0 Å². The van der Waals surface area contributed by atoms with Gasteiger partial charge in [0.25, 0.3) is 0 Å². The molecule has 3 heteroatoms. The molecule has 0 aliphatic carbocycles. The van der Waals surface area contributed by atoms with E-state index in [2.05, 4.69) is 6.92 Å². The zero-order valence-corrected chi connectivity index (χ0v) is 12.7. The van der Waals surface area contributed by atoms with Gasteiger partial charge in [0.05, 0.1) is 19.3 Å². The van der Waals surface area contributed by atoms with Gasteiger partial charge < -0.3 is 9.47 Å². The molecule has 1 aromatic rings. The molecule has 0 spiro atoms. The lowest BCUT2D eigenvalue weighted by molar-refractivity contribution is 0.0497. The highest BCUT2D eigenvalue weighted by Crippen LogP contribution is 2.12. The van der Waals surface area contributed by atoms with Gasteiger partial charge in [0.2, 0.25) is 0 Å². The summed E-state index contributed by atoms with van der Waals surface area (Å²) in [5, 5.41) is 0. The van der Waals surface area contributed by atoms with Crippen LogP contribution in [-0.2, 0) is 4.74 Å². The van der Waals surface area contributed by atoms with Crippen LogP contribution < -0.4 is 4.74 Å². The average molecular weight is 278 g/mol. The number of methoxy groups -OCH3 is 1. The second-order valence-corrected chi connectivity index (χ2v) is 4.99. The zero-order chi connectivity index (χ0) is 14.6. The summed E-state index contributed by atoms with van der Waals surface area (Å²) in [5.74, 6) is 0.493. The zero-order valence-electron chi connectivity index (χ0n) is 12.7. The van der Waals surface area contributed by atoms with Crippen LogP contribution in [0.15, 0.2) is 24.3 Å². The molecule has 0 amide bonds. The second kappa shape index (κ2) is 10.3. The van der Waals surface area contributed by atoms with Crippen molar-refractivity contribution >= 4 is 5.97 Å². The van der Waals surface area contributed by atoms with Crippen molar-refractivity contribution in [2.75, 3.05) is 13.7 Å². The molecule has 0 N–H and O–H groups in total. The van der Waals surface area contributed by atoms with Gasteiger partial charge in [-0.3, -0.25) is 0 Å². The molecule has 1 rings (SSSR count). The molecule has 0 saturated heterocycles. The molecule has 3 nitrogen and oxygen atoms in total. The number of carbonyl (C=O) groups excluding carboxylic acids is 1. The van der Waals surface area contributed by atoms with Crippen LogP contribution >= 0.6 is 0 Å². The van der Waals surface area contributed by atoms with E-state index in [9.17, 15) is 4.79 Å². The number of benzene rings is 1. The molecule has 0 aromatic heterocycles. The molecule has 0 unspecified atom stereocenters. The van der Waals surface area contributed by atoms with Crippen LogP contribution in [-0.4, -0.2) is 19.7 Å². The quantitative estimate of drug-likeness (QED) is 0.463. The van der Waals surface area contributed by atoms with Gasteiger partial charge in [0.15, 0.2) is 0 Å². The Morgan fingerprint density at radius 1 is 0.950 bits per heavy atom. The molecule has 0 fully saturated rings. The predicted octanol–water partition coefficient (Wildman–Crippen LogP) is 4.60. The first kappa shape index (κ1) is 16.5. The molecule has 0 bridgehead atoms. The fourth-order valence-corrected chi connectivity index (χ4v) is 2.03. The summed E-state index contributed by atoms with van der Waals surface area (Å²) in [7, 11) is 1.60. The van der Waals surface area contributed by atoms with E-state index in [-0.39, 0.29) is 5.97 Å². The summed E-state index contributed by atoms with van der Waals surface area (Å²) in [6, 6.07) is 6.99. The maximum absolute atomic E-state index is 11.8. The van der Waals surface area contributed by atoms with Crippen LogP contribution in [0.5, 0.6) is 5.75 Å². The number of carbonyl (C=O) groups is 1. The summed E-state index contributed by atoms with van der Waals surface area (Å²) in [6.45, 7) is 2.73. The van der Waals surface area contributed by atoms with Crippen LogP contribution in [0.25, 0.3) is 0 Å². The molecule has 1 aromatic carbocycles. The number of hydrogen-bond donors (Lipinski definition) is 0. The van der Waals surface area contributed by atoms with Gasteiger partial charge in [-0.15, -0.1) is 0 Å². The molecular weight excluding hydrogens is 252 g/mol. The Morgan fingerprint density at radius 3 is 2.15 bits per heavy atom. The van der Waals surface area contributed by atoms with E-state index in [1.54, 1.807) is 31.4 Å². The van der Waals surface area contributed by atoms with E-state index in [1.165, 1.54) is 32.1 Å². The lowest BCUT2D eigenvalue weighted by Crippen LogP contribution is -2.06. The number of esters is 1. The number of rotatable bonds is 10. The Balaban J connectivity index is 2.10. The van der Waals surface area contributed by atoms with Gasteiger partial charge in [-0.25, -0.2) is 4.79 Å². The SMILES string of the molecule is CCCCCCCCCOC(=O)c1ccc(OC)cc1. The van der Waals surface area contributed by atoms with E-state index >= 15 is 0 Å². The van der Waals surface area contributed by atoms with Crippen LogP contribution in [0.3, 0.4) is 0 Å². The van der Waals surface area contributed by atoms with Crippen LogP contribution in [0.2, 0.25) is 0 Å². The molecule has 0 saturated carbocycles. The Morgan fingerprint density at radius 2 is 1.55 bits per heavy atom. The van der Waals surface area contributed by atoms with Gasteiger partial charge in [0, 0.05) is 0 Å². The highest BCUT2D eigenvalue weighted by atomic mass is 16.5. The number of ether oxygens (including phenoxy) is 2. The molecule has 0 aliphatic rings. The maximum Gasteiger partial charge on any atom is 0.338 e. The van der Waals surface area contributed by atoms with Crippen LogP contribution in [0, 0.1) is 0 Å². The third-order valence-electron chi connectivity index (χ3n) is 3.31. The lowest BCUT2D eigenvalue weighted by atomic mass is 10.1. The third kappa shape index (κ3) is 6.60. The van der Waals surface area contributed by atoms with Crippen molar-refractivity contribution in [1.82, 2.24) is 0 Å². The minimum atomic E-state index is -0.251. The first-order valence-electron chi connectivity index (χ1n) is 7.59. The molecule has 20 heavy (non-hydrogen) atoms. The number of unbranched alkanes of at least 4 members (excludes halogenated alkanes) is 6. The Hall–Kier alpha value is -1.51. The van der Waals surface area contributed by atoms with E-state index in [0.29, 0.717) is 12.2 Å². The monoisotopic (exact) mass is 278 g/mol. The molecule has 0 aliphatic heterocycles. The van der Waals surface area contributed by atoms with Gasteiger partial charge in [-0.05, 0) is 30.7 Å². The van der Waals surface area contributed by atoms with Crippen molar-refractivity contribution in [1.29, 1.82) is 0 Å². The fraction of sp³-hybridized carbons (Fsp3) is 0.588. The predicted molar refractivity (Wildman–Crippen MR) is 81.3 cm³/mol. The summed E-state index contributed by atoms with van der Waals surface area (Å²) < 4.78 is 10.3. The van der Waals surface area contributed by atoms with E-state index in [0.717, 1.165) is 18.6 Å². The minimum Gasteiger partial charge on any atom is -0.497 e. The first-order valence-corrected chi connectivity index (χ1v) is 7.59. The van der Waals surface area contributed by atoms with E-state index < -0.39 is 0 Å². The van der Waals surface area contributed by atoms with Crippen molar-refractivity contribution in [3.63, 3.8) is 0 Å². The Labute approximate surface area is 122 Å². The minimum absolute atomic E-state index is 0.251. The van der Waals surface area contributed by atoms with E-state index in [4.69, 9.17) is 9.47 Å². The van der Waals surface area contributed by atoms with Crippen molar-refractivity contribution < 1.29 is 14.3 Å². The van der Waals surface area contributed by atoms with Gasteiger partial charge >= 0.3 is 5.97 Å². The summed E-state index contributed by atoms with van der Waals surface area (Å²) >= 11 is 0. The summed E-state index contributed by atoms with van der Waals surface area (Å²) in [4.78, 5) is 11.8. The van der Waals surface area contributed by atoms with Crippen molar-refractivity contribution in [3.05, 3.63) is 29.8 Å². The molecule has 112 valence electrons. The third-order valence-corrected chi connectivity index (χ3v) is 3.31. The van der Waals surface area contributed by atoms with Gasteiger partial charge in [0.1, 0.15) is 5.75 Å². The summed E-state index contributed by atoms with van der Waals surface area (Å²) in [6.07, 6.45) is 8.54. The maximum atomic E-state index is 11.8. The van der Waals surface area contributed by atoms with Crippen molar-refractivity contribution in [2.45, 2.75) is 51.9 Å². The Bertz CT molecular complexity index is 370. The molecule has 0 heterocycles. The normalized spacial score (nSPS) is 10.3. The van der Waals surface area contributed by atoms with Gasteiger partial charge in [-0.2, -0.15) is 0 Å². The van der Waals surface area contributed by atoms with E-state index in [1.807, 2.05) is 0 Å². The topological polar surface area (TPSA) is 35.5 Å². The van der Waals surface area contributed by atoms with Crippen molar-refractivity contribution in [3.8, 4) is 5.75 Å². The van der Waals surface area contributed by atoms with Crippen molar-refractivity contribution in [2.24, 2.45) is 0 Å². The Kier molecular flexibility index (Phi) is 8.52. The molecule has 0 atom stereocenters. The van der Waals surface area contributed by atoms with Gasteiger partial charge in [-0.1, -0.05) is 45.4 Å². The fourth-order valence-electron chi connectivity index (χ4n) is 2.03. The number of hydrogen-bond acceptors (Lipinski definition) is 3. The smallest absolute Gasteiger partial charge is 0.338 e. The standard InChI is InChI=1S/C17H26O3/c1-3-4-5-6-7-8-9-14-20-17(18)15-10-12-16(19-2)13-11-15/h10-13H,3-9,14H2,1-2H3. The second-order valence-electron chi connectivity index (χ2n) is 4.99.